The minimum absolute atomic E-state index is 0.229. The lowest BCUT2D eigenvalue weighted by atomic mass is 9.76. The summed E-state index contributed by atoms with van der Waals surface area (Å²) in [7, 11) is -4.18. The summed E-state index contributed by atoms with van der Waals surface area (Å²) in [6, 6.07) is 7.13. The molecule has 7 heteroatoms. The summed E-state index contributed by atoms with van der Waals surface area (Å²) in [5, 5.41) is 5.13. The van der Waals surface area contributed by atoms with Gasteiger partial charge in [0.25, 0.3) is 0 Å². The zero-order valence-electron chi connectivity index (χ0n) is 12.2. The molecule has 1 aliphatic heterocycles. The van der Waals surface area contributed by atoms with Crippen molar-refractivity contribution in [3.8, 4) is 0 Å². The van der Waals surface area contributed by atoms with Gasteiger partial charge in [0.2, 0.25) is 10.0 Å². The normalized spacial score (nSPS) is 21.1. The van der Waals surface area contributed by atoms with Crippen molar-refractivity contribution in [3.05, 3.63) is 29.8 Å². The van der Waals surface area contributed by atoms with Gasteiger partial charge in [-0.1, -0.05) is 24.3 Å². The summed E-state index contributed by atoms with van der Waals surface area (Å²) in [5.41, 5.74) is 0.382. The van der Waals surface area contributed by atoms with Crippen LogP contribution in [0.25, 0.3) is 0 Å². The molecule has 2 rings (SSSR count). The first-order valence-electron chi connectivity index (χ1n) is 6.46. The maximum atomic E-state index is 11.3. The van der Waals surface area contributed by atoms with Gasteiger partial charge in [-0.2, -0.15) is 0 Å². The molecule has 0 spiro atoms. The Morgan fingerprint density at radius 3 is 2.10 bits per heavy atom. The lowest BCUT2D eigenvalue weighted by molar-refractivity contribution is 0.00578. The molecule has 0 aliphatic carbocycles. The second-order valence-electron chi connectivity index (χ2n) is 6.09. The zero-order valence-corrected chi connectivity index (χ0v) is 13.0. The Morgan fingerprint density at radius 1 is 1.10 bits per heavy atom. The van der Waals surface area contributed by atoms with E-state index >= 15 is 0 Å². The highest BCUT2D eigenvalue weighted by molar-refractivity contribution is 7.88. The third kappa shape index (κ3) is 3.06. The predicted molar refractivity (Wildman–Crippen MR) is 79.0 cm³/mol. The van der Waals surface area contributed by atoms with Crippen molar-refractivity contribution in [2.24, 2.45) is 5.14 Å². The van der Waals surface area contributed by atoms with Crippen LogP contribution in [0.4, 0.5) is 0 Å². The molecule has 0 amide bonds. The molecule has 5 nitrogen and oxygen atoms in total. The van der Waals surface area contributed by atoms with Gasteiger partial charge in [0.15, 0.2) is 0 Å². The number of hydrogen-bond acceptors (Lipinski definition) is 4. The van der Waals surface area contributed by atoms with E-state index in [9.17, 15) is 8.42 Å². The zero-order chi connectivity index (χ0) is 15.2. The first kappa shape index (κ1) is 15.5. The molecule has 20 heavy (non-hydrogen) atoms. The van der Waals surface area contributed by atoms with Crippen molar-refractivity contribution < 1.29 is 17.7 Å². The van der Waals surface area contributed by atoms with Crippen LogP contribution < -0.4 is 10.6 Å². The van der Waals surface area contributed by atoms with E-state index in [-0.39, 0.29) is 5.75 Å². The fourth-order valence-electron chi connectivity index (χ4n) is 2.08. The molecular weight excluding hydrogens is 277 g/mol. The Labute approximate surface area is 120 Å². The predicted octanol–water partition coefficient (Wildman–Crippen LogP) is 0.774. The standard InChI is InChI=1S/C13H20BNO4S/c1-12(2)13(3,4)19-14(18-12)11-8-6-5-7-10(11)9-20(15,16)17/h5-8H,9H2,1-4H3,(H2,15,16,17). The van der Waals surface area contributed by atoms with Gasteiger partial charge in [-0.05, 0) is 38.7 Å². The van der Waals surface area contributed by atoms with Crippen molar-refractivity contribution in [1.29, 1.82) is 0 Å². The highest BCUT2D eigenvalue weighted by atomic mass is 32.2. The molecule has 1 fully saturated rings. The van der Waals surface area contributed by atoms with Gasteiger partial charge in [0.05, 0.1) is 17.0 Å². The summed E-state index contributed by atoms with van der Waals surface area (Å²) in [6.45, 7) is 7.81. The molecule has 1 aromatic rings. The first-order chi connectivity index (χ1) is 9.02. The molecule has 0 saturated carbocycles. The monoisotopic (exact) mass is 297 g/mol. The van der Waals surface area contributed by atoms with E-state index < -0.39 is 28.3 Å². The van der Waals surface area contributed by atoms with E-state index in [1.54, 1.807) is 12.1 Å². The number of primary sulfonamides is 1. The molecule has 1 saturated heterocycles. The number of benzene rings is 1. The average molecular weight is 297 g/mol. The van der Waals surface area contributed by atoms with E-state index in [1.807, 2.05) is 39.8 Å². The quantitative estimate of drug-likeness (QED) is 0.836. The van der Waals surface area contributed by atoms with Crippen LogP contribution in [0.15, 0.2) is 24.3 Å². The fraction of sp³-hybridized carbons (Fsp3) is 0.538. The highest BCUT2D eigenvalue weighted by Gasteiger charge is 2.52. The van der Waals surface area contributed by atoms with E-state index in [0.29, 0.717) is 11.0 Å². The number of nitrogens with two attached hydrogens (primary N) is 1. The summed E-state index contributed by atoms with van der Waals surface area (Å²) >= 11 is 0. The topological polar surface area (TPSA) is 78.6 Å². The molecule has 1 heterocycles. The Kier molecular flexibility index (Phi) is 3.75. The molecule has 0 radical (unpaired) electrons. The van der Waals surface area contributed by atoms with Crippen LogP contribution in [-0.4, -0.2) is 26.7 Å². The summed E-state index contributed by atoms with van der Waals surface area (Å²) < 4.78 is 34.5. The lowest BCUT2D eigenvalue weighted by Gasteiger charge is -2.32. The molecule has 0 atom stereocenters. The maximum Gasteiger partial charge on any atom is 0.495 e. The summed E-state index contributed by atoms with van der Waals surface area (Å²) in [5.74, 6) is -0.229. The number of sulfonamides is 1. The van der Waals surface area contributed by atoms with Gasteiger partial charge >= 0.3 is 7.12 Å². The van der Waals surface area contributed by atoms with Crippen LogP contribution in [0.3, 0.4) is 0 Å². The number of rotatable bonds is 3. The fourth-order valence-corrected chi connectivity index (χ4v) is 2.78. The van der Waals surface area contributed by atoms with Gasteiger partial charge in [-0.3, -0.25) is 0 Å². The lowest BCUT2D eigenvalue weighted by Crippen LogP contribution is -2.41. The van der Waals surface area contributed by atoms with Gasteiger partial charge in [0, 0.05) is 0 Å². The van der Waals surface area contributed by atoms with Crippen LogP contribution >= 0.6 is 0 Å². The smallest absolute Gasteiger partial charge is 0.399 e. The van der Waals surface area contributed by atoms with E-state index in [2.05, 4.69) is 0 Å². The van der Waals surface area contributed by atoms with Crippen molar-refractivity contribution in [2.75, 3.05) is 0 Å². The second kappa shape index (κ2) is 4.84. The second-order valence-corrected chi connectivity index (χ2v) is 7.71. The van der Waals surface area contributed by atoms with Crippen molar-refractivity contribution in [3.63, 3.8) is 0 Å². The Balaban J connectivity index is 2.36. The van der Waals surface area contributed by atoms with E-state index in [0.717, 1.165) is 0 Å². The van der Waals surface area contributed by atoms with E-state index in [4.69, 9.17) is 14.4 Å². The van der Waals surface area contributed by atoms with Crippen molar-refractivity contribution in [2.45, 2.75) is 44.6 Å². The largest absolute Gasteiger partial charge is 0.495 e. The maximum absolute atomic E-state index is 11.3. The Morgan fingerprint density at radius 2 is 1.60 bits per heavy atom. The van der Waals surface area contributed by atoms with Gasteiger partial charge in [0.1, 0.15) is 0 Å². The third-order valence-corrected chi connectivity index (χ3v) is 4.63. The van der Waals surface area contributed by atoms with Crippen LogP contribution in [-0.2, 0) is 25.1 Å². The minimum atomic E-state index is -3.60. The molecule has 0 bridgehead atoms. The SMILES string of the molecule is CC1(C)OB(c2ccccc2CS(N)(=O)=O)OC1(C)C. The van der Waals surface area contributed by atoms with Crippen LogP contribution in [0, 0.1) is 0 Å². The molecule has 0 unspecified atom stereocenters. The molecule has 2 N–H and O–H groups in total. The van der Waals surface area contributed by atoms with Crippen LogP contribution in [0.2, 0.25) is 0 Å². The van der Waals surface area contributed by atoms with Crippen molar-refractivity contribution in [1.82, 2.24) is 0 Å². The van der Waals surface area contributed by atoms with Crippen LogP contribution in [0.1, 0.15) is 33.3 Å². The van der Waals surface area contributed by atoms with Gasteiger partial charge in [-0.15, -0.1) is 0 Å². The molecular formula is C13H20BNO4S. The minimum Gasteiger partial charge on any atom is -0.399 e. The molecule has 1 aromatic carbocycles. The average Bonchev–Trinajstić information content (AvgIpc) is 2.46. The summed E-state index contributed by atoms with van der Waals surface area (Å²) in [6.07, 6.45) is 0. The molecule has 1 aliphatic rings. The molecule has 110 valence electrons. The third-order valence-electron chi connectivity index (χ3n) is 3.92. The number of hydrogen-bond donors (Lipinski definition) is 1. The Bertz CT molecular complexity index is 597. The van der Waals surface area contributed by atoms with Crippen molar-refractivity contribution >= 4 is 22.6 Å². The van der Waals surface area contributed by atoms with Crippen LogP contribution in [0.5, 0.6) is 0 Å². The summed E-state index contributed by atoms with van der Waals surface area (Å²) in [4.78, 5) is 0. The Hall–Kier alpha value is -0.885. The molecule has 0 aromatic heterocycles. The first-order valence-corrected chi connectivity index (χ1v) is 8.17. The highest BCUT2D eigenvalue weighted by Crippen LogP contribution is 2.36. The van der Waals surface area contributed by atoms with Gasteiger partial charge < -0.3 is 9.31 Å². The van der Waals surface area contributed by atoms with E-state index in [1.165, 1.54) is 0 Å². The van der Waals surface area contributed by atoms with Gasteiger partial charge in [-0.25, -0.2) is 13.6 Å².